The van der Waals surface area contributed by atoms with E-state index in [1.807, 2.05) is 0 Å². The van der Waals surface area contributed by atoms with Crippen molar-refractivity contribution in [1.82, 2.24) is 4.31 Å². The molecular weight excluding hydrogens is 464 g/mol. The van der Waals surface area contributed by atoms with Crippen LogP contribution in [-0.4, -0.2) is 49.8 Å². The molecule has 0 radical (unpaired) electrons. The summed E-state index contributed by atoms with van der Waals surface area (Å²) >= 11 is 5.98. The molecule has 0 saturated carbocycles. The molecule has 32 heavy (non-hydrogen) atoms. The van der Waals surface area contributed by atoms with E-state index in [4.69, 9.17) is 16.3 Å². The van der Waals surface area contributed by atoms with Crippen LogP contribution in [0.1, 0.15) is 23.2 Å². The first-order valence-electron chi connectivity index (χ1n) is 9.47. The molecule has 0 N–H and O–H groups in total. The largest absolute Gasteiger partial charge is 0.465 e. The summed E-state index contributed by atoms with van der Waals surface area (Å²) in [6.07, 6.45) is 0.426. The maximum atomic E-state index is 12.9. The van der Waals surface area contributed by atoms with Gasteiger partial charge in [0.15, 0.2) is 0 Å². The molecule has 12 heteroatoms. The molecule has 1 aliphatic rings. The first kappa shape index (κ1) is 23.6. The van der Waals surface area contributed by atoms with Gasteiger partial charge < -0.3 is 9.47 Å². The molecule has 1 fully saturated rings. The van der Waals surface area contributed by atoms with E-state index < -0.39 is 32.8 Å². The normalized spacial score (nSPS) is 15.2. The molecule has 0 bridgehead atoms. The van der Waals surface area contributed by atoms with Crippen LogP contribution < -0.4 is 4.74 Å². The number of sulfonamides is 1. The van der Waals surface area contributed by atoms with Crippen LogP contribution in [0.3, 0.4) is 0 Å². The van der Waals surface area contributed by atoms with Crippen molar-refractivity contribution in [3.63, 3.8) is 0 Å². The first-order chi connectivity index (χ1) is 15.1. The van der Waals surface area contributed by atoms with Gasteiger partial charge in [-0.25, -0.2) is 13.2 Å². The number of piperidine rings is 1. The highest BCUT2D eigenvalue weighted by molar-refractivity contribution is 7.89. The van der Waals surface area contributed by atoms with Crippen LogP contribution in [0.15, 0.2) is 47.4 Å². The molecule has 3 rings (SSSR count). The topological polar surface area (TPSA) is 133 Å². The van der Waals surface area contributed by atoms with E-state index in [1.54, 1.807) is 0 Å². The Labute approximate surface area is 188 Å². The van der Waals surface area contributed by atoms with Crippen LogP contribution in [0.25, 0.3) is 0 Å². The highest BCUT2D eigenvalue weighted by atomic mass is 35.5. The van der Waals surface area contributed by atoms with Gasteiger partial charge in [-0.2, -0.15) is 4.31 Å². The molecule has 2 aromatic rings. The van der Waals surface area contributed by atoms with Gasteiger partial charge in [0.1, 0.15) is 10.6 Å². The molecule has 2 aromatic carbocycles. The summed E-state index contributed by atoms with van der Waals surface area (Å²) < 4.78 is 36.9. The number of nitro benzene ring substituents is 1. The Kier molecular flexibility index (Phi) is 7.12. The number of halogens is 1. The van der Waals surface area contributed by atoms with Crippen LogP contribution in [0.5, 0.6) is 5.75 Å². The Bertz CT molecular complexity index is 1140. The monoisotopic (exact) mass is 482 g/mol. The van der Waals surface area contributed by atoms with Gasteiger partial charge >= 0.3 is 11.9 Å². The van der Waals surface area contributed by atoms with Gasteiger partial charge in [0.25, 0.3) is 5.69 Å². The minimum absolute atomic E-state index is 0.0302. The number of esters is 2. The molecule has 0 unspecified atom stereocenters. The molecule has 0 atom stereocenters. The Morgan fingerprint density at radius 1 is 1.12 bits per heavy atom. The van der Waals surface area contributed by atoms with E-state index in [2.05, 4.69) is 4.74 Å². The lowest BCUT2D eigenvalue weighted by atomic mass is 9.98. The molecule has 170 valence electrons. The number of nitrogens with zero attached hydrogens (tertiary/aromatic N) is 2. The van der Waals surface area contributed by atoms with Gasteiger partial charge in [0.05, 0.1) is 28.5 Å². The average Bonchev–Trinajstić information content (AvgIpc) is 2.79. The van der Waals surface area contributed by atoms with Gasteiger partial charge in [-0.3, -0.25) is 14.9 Å². The molecule has 0 aliphatic carbocycles. The minimum Gasteiger partial charge on any atom is -0.465 e. The van der Waals surface area contributed by atoms with Crippen molar-refractivity contribution in [2.45, 2.75) is 17.7 Å². The van der Waals surface area contributed by atoms with Crippen LogP contribution in [-0.2, 0) is 19.6 Å². The summed E-state index contributed by atoms with van der Waals surface area (Å²) in [6.45, 7) is 0.0603. The van der Waals surface area contributed by atoms with Gasteiger partial charge in [-0.05, 0) is 43.2 Å². The maximum Gasteiger partial charge on any atom is 0.337 e. The third-order valence-corrected chi connectivity index (χ3v) is 7.40. The molecule has 1 saturated heterocycles. The molecular formula is C20H19ClN2O8S. The fourth-order valence-electron chi connectivity index (χ4n) is 3.25. The van der Waals surface area contributed by atoms with Crippen molar-refractivity contribution in [3.05, 3.63) is 63.2 Å². The summed E-state index contributed by atoms with van der Waals surface area (Å²) in [5.74, 6) is -1.30. The van der Waals surface area contributed by atoms with Crippen molar-refractivity contribution in [2.24, 2.45) is 5.92 Å². The zero-order valence-corrected chi connectivity index (χ0v) is 18.5. The number of benzene rings is 2. The summed E-state index contributed by atoms with van der Waals surface area (Å²) in [5, 5.41) is 10.9. The third kappa shape index (κ3) is 5.06. The zero-order valence-electron chi connectivity index (χ0n) is 16.9. The Hall–Kier alpha value is -3.02. The summed E-state index contributed by atoms with van der Waals surface area (Å²) in [6, 6.07) is 9.08. The number of hydrogen-bond donors (Lipinski definition) is 0. The molecule has 1 heterocycles. The van der Waals surface area contributed by atoms with E-state index in [-0.39, 0.29) is 47.3 Å². The van der Waals surface area contributed by atoms with Crippen LogP contribution in [0, 0.1) is 16.0 Å². The number of rotatable bonds is 6. The van der Waals surface area contributed by atoms with Crippen LogP contribution >= 0.6 is 11.6 Å². The highest BCUT2D eigenvalue weighted by Gasteiger charge is 2.34. The molecule has 0 amide bonds. The van der Waals surface area contributed by atoms with Gasteiger partial charge in [-0.15, -0.1) is 0 Å². The Balaban J connectivity index is 1.64. The van der Waals surface area contributed by atoms with Crippen molar-refractivity contribution < 1.29 is 32.4 Å². The predicted molar refractivity (Wildman–Crippen MR) is 113 cm³/mol. The fourth-order valence-corrected chi connectivity index (χ4v) is 5.21. The summed E-state index contributed by atoms with van der Waals surface area (Å²) in [4.78, 5) is 33.9. The number of nitro groups is 1. The predicted octanol–water partition coefficient (Wildman–Crippen LogP) is 3.04. The summed E-state index contributed by atoms with van der Waals surface area (Å²) in [5.41, 5.74) is -0.0738. The quantitative estimate of drug-likeness (QED) is 0.265. The lowest BCUT2D eigenvalue weighted by Gasteiger charge is -2.30. The number of carbonyl (C=O) groups is 2. The molecule has 0 spiro atoms. The second-order valence-corrected chi connectivity index (χ2v) is 9.30. The number of carbonyl (C=O) groups excluding carboxylic acids is 2. The standard InChI is InChI=1S/C20H19ClN2O8S/c1-30-19(24)13-2-5-16(6-3-13)31-20(25)14-8-10-22(11-9-14)32(28,29)18-12-15(23(26)27)4-7-17(18)21/h2-7,12,14H,8-11H2,1H3. The number of hydrogen-bond acceptors (Lipinski definition) is 8. The zero-order chi connectivity index (χ0) is 23.5. The third-order valence-electron chi connectivity index (χ3n) is 5.02. The average molecular weight is 483 g/mol. The molecule has 1 aliphatic heterocycles. The molecule has 0 aromatic heterocycles. The number of non-ortho nitro benzene ring substituents is 1. The van der Waals surface area contributed by atoms with E-state index >= 15 is 0 Å². The van der Waals surface area contributed by atoms with E-state index in [0.29, 0.717) is 5.56 Å². The van der Waals surface area contributed by atoms with Gasteiger partial charge in [-0.1, -0.05) is 11.6 Å². The fraction of sp³-hybridized carbons (Fsp3) is 0.300. The minimum atomic E-state index is -4.07. The first-order valence-corrected chi connectivity index (χ1v) is 11.3. The van der Waals surface area contributed by atoms with Crippen LogP contribution in [0.2, 0.25) is 5.02 Å². The van der Waals surface area contributed by atoms with E-state index in [1.165, 1.54) is 37.4 Å². The smallest absolute Gasteiger partial charge is 0.337 e. The lowest BCUT2D eigenvalue weighted by Crippen LogP contribution is -2.41. The Morgan fingerprint density at radius 2 is 1.75 bits per heavy atom. The van der Waals surface area contributed by atoms with Crippen molar-refractivity contribution in [3.8, 4) is 5.75 Å². The second-order valence-electron chi connectivity index (χ2n) is 6.99. The second kappa shape index (κ2) is 9.63. The van der Waals surface area contributed by atoms with E-state index in [0.717, 1.165) is 16.4 Å². The van der Waals surface area contributed by atoms with Gasteiger partial charge in [0.2, 0.25) is 10.0 Å². The Morgan fingerprint density at radius 3 is 2.31 bits per heavy atom. The number of methoxy groups -OCH3 is 1. The number of ether oxygens (including phenoxy) is 2. The van der Waals surface area contributed by atoms with Crippen molar-refractivity contribution >= 4 is 39.3 Å². The molecule has 10 nitrogen and oxygen atoms in total. The maximum absolute atomic E-state index is 12.9. The lowest BCUT2D eigenvalue weighted by molar-refractivity contribution is -0.385. The van der Waals surface area contributed by atoms with Crippen molar-refractivity contribution in [2.75, 3.05) is 20.2 Å². The SMILES string of the molecule is COC(=O)c1ccc(OC(=O)C2CCN(S(=O)(=O)c3cc([N+](=O)[O-])ccc3Cl)CC2)cc1. The summed E-state index contributed by atoms with van der Waals surface area (Å²) in [7, 11) is -2.81. The highest BCUT2D eigenvalue weighted by Crippen LogP contribution is 2.31. The van der Waals surface area contributed by atoms with Gasteiger partial charge in [0, 0.05) is 25.2 Å². The van der Waals surface area contributed by atoms with Crippen LogP contribution in [0.4, 0.5) is 5.69 Å². The van der Waals surface area contributed by atoms with E-state index in [9.17, 15) is 28.1 Å². The van der Waals surface area contributed by atoms with Crippen molar-refractivity contribution in [1.29, 1.82) is 0 Å².